The maximum atomic E-state index is 5.74. The normalized spacial score (nSPS) is 15.5. The zero-order valence-corrected chi connectivity index (χ0v) is 9.56. The number of hydrogen-bond acceptors (Lipinski definition) is 3. The number of nitrogens with zero attached hydrogens (tertiary/aromatic N) is 1. The van der Waals surface area contributed by atoms with Crippen molar-refractivity contribution in [1.82, 2.24) is 4.98 Å². The highest BCUT2D eigenvalue weighted by Crippen LogP contribution is 2.20. The average molecular weight is 225 g/mol. The van der Waals surface area contributed by atoms with Crippen molar-refractivity contribution in [2.75, 3.05) is 11.1 Å². The van der Waals surface area contributed by atoms with Crippen LogP contribution in [0.3, 0.4) is 0 Å². The summed E-state index contributed by atoms with van der Waals surface area (Å²) in [6.45, 7) is 0. The quantitative estimate of drug-likeness (QED) is 0.610. The summed E-state index contributed by atoms with van der Waals surface area (Å²) in [7, 11) is 0. The summed E-state index contributed by atoms with van der Waals surface area (Å²) < 4.78 is 0. The fourth-order valence-electron chi connectivity index (χ4n) is 2.17. The Bertz CT molecular complexity index is 567. The second-order valence-corrected chi connectivity index (χ2v) is 4.43. The van der Waals surface area contributed by atoms with Crippen LogP contribution in [0.4, 0.5) is 11.5 Å². The second kappa shape index (κ2) is 4.09. The van der Waals surface area contributed by atoms with Crippen LogP contribution in [0.5, 0.6) is 0 Å². The maximum Gasteiger partial charge on any atom is 0.126 e. The highest BCUT2D eigenvalue weighted by molar-refractivity contribution is 5.83. The molecule has 0 unspecified atom stereocenters. The lowest BCUT2D eigenvalue weighted by Crippen LogP contribution is -2.15. The molecule has 0 saturated carbocycles. The zero-order chi connectivity index (χ0) is 11.7. The first-order chi connectivity index (χ1) is 8.31. The molecule has 0 bridgehead atoms. The number of benzene rings is 1. The third kappa shape index (κ3) is 2.09. The molecule has 17 heavy (non-hydrogen) atoms. The van der Waals surface area contributed by atoms with E-state index in [1.807, 2.05) is 24.3 Å². The lowest BCUT2D eigenvalue weighted by atomic mass is 10.2. The van der Waals surface area contributed by atoms with E-state index in [4.69, 9.17) is 5.73 Å². The molecule has 3 nitrogen and oxygen atoms in total. The Morgan fingerprint density at radius 2 is 1.94 bits per heavy atom. The van der Waals surface area contributed by atoms with E-state index < -0.39 is 0 Å². The molecule has 0 atom stereocenters. The molecule has 1 heterocycles. The lowest BCUT2D eigenvalue weighted by Gasteiger charge is -2.13. The molecular formula is C14H15N3. The van der Waals surface area contributed by atoms with Crippen LogP contribution in [0, 0.1) is 0 Å². The molecule has 3 heteroatoms. The van der Waals surface area contributed by atoms with Crippen LogP contribution < -0.4 is 11.1 Å². The number of anilines is 2. The average Bonchev–Trinajstić information content (AvgIpc) is 2.82. The molecule has 0 aliphatic heterocycles. The predicted octanol–water partition coefficient (Wildman–Crippen LogP) is 2.95. The second-order valence-electron chi connectivity index (χ2n) is 4.43. The molecule has 0 spiro atoms. The number of nitrogens with one attached hydrogen (secondary N) is 1. The molecule has 1 aliphatic rings. The van der Waals surface area contributed by atoms with Gasteiger partial charge in [0.15, 0.2) is 0 Å². The van der Waals surface area contributed by atoms with Crippen molar-refractivity contribution in [2.45, 2.75) is 18.9 Å². The minimum atomic E-state index is 0.494. The molecule has 86 valence electrons. The number of pyridine rings is 1. The molecule has 0 saturated heterocycles. The number of nitrogens with two attached hydrogens (primary N) is 1. The van der Waals surface area contributed by atoms with Gasteiger partial charge in [-0.1, -0.05) is 12.2 Å². The van der Waals surface area contributed by atoms with E-state index in [1.165, 1.54) is 0 Å². The van der Waals surface area contributed by atoms with E-state index >= 15 is 0 Å². The Hall–Kier alpha value is -2.03. The number of nitrogen functional groups attached to an aromatic ring is 1. The SMILES string of the molecule is Nc1ccc2nc(NC3CC=CC3)ccc2c1. The van der Waals surface area contributed by atoms with Crippen LogP contribution in [0.25, 0.3) is 10.9 Å². The van der Waals surface area contributed by atoms with Gasteiger partial charge in [-0.25, -0.2) is 4.98 Å². The maximum absolute atomic E-state index is 5.74. The van der Waals surface area contributed by atoms with Gasteiger partial charge in [0.05, 0.1) is 5.52 Å². The first kappa shape index (κ1) is 10.1. The summed E-state index contributed by atoms with van der Waals surface area (Å²) in [6.07, 6.45) is 6.59. The fourth-order valence-corrected chi connectivity index (χ4v) is 2.17. The molecule has 1 aliphatic carbocycles. The van der Waals surface area contributed by atoms with E-state index in [1.54, 1.807) is 0 Å². The van der Waals surface area contributed by atoms with Crippen LogP contribution in [-0.2, 0) is 0 Å². The van der Waals surface area contributed by atoms with E-state index in [2.05, 4.69) is 28.5 Å². The van der Waals surface area contributed by atoms with Crippen molar-refractivity contribution in [1.29, 1.82) is 0 Å². The Labute approximate surface area is 100 Å². The van der Waals surface area contributed by atoms with Gasteiger partial charge in [-0.05, 0) is 43.2 Å². The number of fused-ring (bicyclic) bond motifs is 1. The van der Waals surface area contributed by atoms with Gasteiger partial charge in [0.25, 0.3) is 0 Å². The Morgan fingerprint density at radius 3 is 2.76 bits per heavy atom. The van der Waals surface area contributed by atoms with E-state index in [0.29, 0.717) is 6.04 Å². The monoisotopic (exact) mass is 225 g/mol. The van der Waals surface area contributed by atoms with Crippen LogP contribution in [0.2, 0.25) is 0 Å². The first-order valence-electron chi connectivity index (χ1n) is 5.89. The summed E-state index contributed by atoms with van der Waals surface area (Å²) in [6, 6.07) is 10.4. The minimum Gasteiger partial charge on any atom is -0.399 e. The standard InChI is InChI=1S/C14H15N3/c15-11-6-7-13-10(9-11)5-8-14(17-13)16-12-3-1-2-4-12/h1-2,5-9,12H,3-4,15H2,(H,16,17). The molecule has 0 fully saturated rings. The van der Waals surface area contributed by atoms with Crippen LogP contribution in [-0.4, -0.2) is 11.0 Å². The van der Waals surface area contributed by atoms with Crippen molar-refractivity contribution in [3.63, 3.8) is 0 Å². The summed E-state index contributed by atoms with van der Waals surface area (Å²) in [5.74, 6) is 0.941. The first-order valence-corrected chi connectivity index (χ1v) is 5.89. The van der Waals surface area contributed by atoms with Crippen molar-refractivity contribution in [3.8, 4) is 0 Å². The van der Waals surface area contributed by atoms with Gasteiger partial charge < -0.3 is 11.1 Å². The molecule has 0 amide bonds. The Kier molecular flexibility index (Phi) is 2.44. The zero-order valence-electron chi connectivity index (χ0n) is 9.56. The number of hydrogen-bond donors (Lipinski definition) is 2. The summed E-state index contributed by atoms with van der Waals surface area (Å²) >= 11 is 0. The highest BCUT2D eigenvalue weighted by Gasteiger charge is 2.10. The minimum absolute atomic E-state index is 0.494. The van der Waals surface area contributed by atoms with Crippen molar-refractivity contribution >= 4 is 22.4 Å². The lowest BCUT2D eigenvalue weighted by molar-refractivity contribution is 0.782. The molecule has 1 aromatic heterocycles. The van der Waals surface area contributed by atoms with Gasteiger partial charge in [0, 0.05) is 17.1 Å². The summed E-state index contributed by atoms with van der Waals surface area (Å²) in [4.78, 5) is 4.59. The highest BCUT2D eigenvalue weighted by atomic mass is 15.0. The third-order valence-corrected chi connectivity index (χ3v) is 3.07. The van der Waals surface area contributed by atoms with Gasteiger partial charge in [0.1, 0.15) is 5.82 Å². The molecule has 1 aromatic carbocycles. The van der Waals surface area contributed by atoms with E-state index in [0.717, 1.165) is 35.2 Å². The summed E-state index contributed by atoms with van der Waals surface area (Å²) in [5.41, 5.74) is 7.50. The third-order valence-electron chi connectivity index (χ3n) is 3.07. The molecule has 3 rings (SSSR count). The van der Waals surface area contributed by atoms with Crippen molar-refractivity contribution in [3.05, 3.63) is 42.5 Å². The van der Waals surface area contributed by atoms with Crippen molar-refractivity contribution in [2.24, 2.45) is 0 Å². The van der Waals surface area contributed by atoms with Crippen molar-refractivity contribution < 1.29 is 0 Å². The van der Waals surface area contributed by atoms with Crippen LogP contribution in [0.15, 0.2) is 42.5 Å². The van der Waals surface area contributed by atoms with E-state index in [9.17, 15) is 0 Å². The van der Waals surface area contributed by atoms with Gasteiger partial charge >= 0.3 is 0 Å². The molecule has 3 N–H and O–H groups in total. The van der Waals surface area contributed by atoms with Gasteiger partial charge in [-0.2, -0.15) is 0 Å². The van der Waals surface area contributed by atoms with Gasteiger partial charge in [0.2, 0.25) is 0 Å². The Morgan fingerprint density at radius 1 is 1.12 bits per heavy atom. The predicted molar refractivity (Wildman–Crippen MR) is 71.9 cm³/mol. The van der Waals surface area contributed by atoms with Crippen LogP contribution in [0.1, 0.15) is 12.8 Å². The topological polar surface area (TPSA) is 50.9 Å². The molecule has 2 aromatic rings. The number of rotatable bonds is 2. The van der Waals surface area contributed by atoms with E-state index in [-0.39, 0.29) is 0 Å². The summed E-state index contributed by atoms with van der Waals surface area (Å²) in [5, 5.41) is 4.53. The van der Waals surface area contributed by atoms with Gasteiger partial charge in [-0.3, -0.25) is 0 Å². The largest absolute Gasteiger partial charge is 0.399 e. The smallest absolute Gasteiger partial charge is 0.126 e. The Balaban J connectivity index is 1.88. The molecular weight excluding hydrogens is 210 g/mol. The van der Waals surface area contributed by atoms with Gasteiger partial charge in [-0.15, -0.1) is 0 Å². The number of aromatic nitrogens is 1. The van der Waals surface area contributed by atoms with Crippen LogP contribution >= 0.6 is 0 Å². The molecule has 0 radical (unpaired) electrons. The fraction of sp³-hybridized carbons (Fsp3) is 0.214.